The highest BCUT2D eigenvalue weighted by Crippen LogP contribution is 2.25. The molecule has 0 radical (unpaired) electrons. The second-order valence-electron chi connectivity index (χ2n) is 8.16. The van der Waals surface area contributed by atoms with Gasteiger partial charge in [0.15, 0.2) is 0 Å². The zero-order valence-electron chi connectivity index (χ0n) is 19.1. The lowest BCUT2D eigenvalue weighted by molar-refractivity contribution is -0.121. The molecule has 0 spiro atoms. The number of ether oxygens (including phenoxy) is 1. The van der Waals surface area contributed by atoms with E-state index in [0.29, 0.717) is 25.4 Å². The Balaban J connectivity index is 1.46. The van der Waals surface area contributed by atoms with E-state index in [1.54, 1.807) is 19.2 Å². The summed E-state index contributed by atoms with van der Waals surface area (Å²) in [6.07, 6.45) is 3.29. The number of aromatic hydroxyl groups is 1. The van der Waals surface area contributed by atoms with Crippen molar-refractivity contribution in [3.05, 3.63) is 51.2 Å². The highest BCUT2D eigenvalue weighted by Gasteiger charge is 2.24. The van der Waals surface area contributed by atoms with Crippen LogP contribution in [0.2, 0.25) is 0 Å². The summed E-state index contributed by atoms with van der Waals surface area (Å²) in [6, 6.07) is 8.66. The quantitative estimate of drug-likeness (QED) is 0.484. The predicted molar refractivity (Wildman–Crippen MR) is 126 cm³/mol. The number of likely N-dealkylation sites (tertiary alicyclic amines) is 1. The van der Waals surface area contributed by atoms with Crippen molar-refractivity contribution in [3.8, 4) is 5.75 Å². The van der Waals surface area contributed by atoms with Crippen molar-refractivity contribution in [2.45, 2.75) is 38.8 Å². The van der Waals surface area contributed by atoms with Crippen LogP contribution >= 0.6 is 11.3 Å². The van der Waals surface area contributed by atoms with Crippen molar-refractivity contribution in [3.63, 3.8) is 0 Å². The molecule has 1 aromatic heterocycles. The highest BCUT2D eigenvalue weighted by atomic mass is 32.1. The molecule has 1 aliphatic heterocycles. The minimum absolute atomic E-state index is 0.0669. The monoisotopic (exact) mass is 473 g/mol. The highest BCUT2D eigenvalue weighted by molar-refractivity contribution is 7.14. The lowest BCUT2D eigenvalue weighted by atomic mass is 9.92. The van der Waals surface area contributed by atoms with Crippen molar-refractivity contribution in [2.24, 2.45) is 5.92 Å². The molecule has 1 fully saturated rings. The van der Waals surface area contributed by atoms with Crippen LogP contribution in [0.25, 0.3) is 0 Å². The number of benzene rings is 1. The van der Waals surface area contributed by atoms with Gasteiger partial charge in [-0.3, -0.25) is 9.59 Å². The van der Waals surface area contributed by atoms with Crippen LogP contribution in [-0.2, 0) is 22.6 Å². The normalized spacial score (nSPS) is 14.2. The summed E-state index contributed by atoms with van der Waals surface area (Å²) in [4.78, 5) is 39.7. The van der Waals surface area contributed by atoms with Crippen molar-refractivity contribution in [2.75, 3.05) is 27.2 Å². The maximum absolute atomic E-state index is 12.9. The average molecular weight is 474 g/mol. The molecule has 0 aliphatic carbocycles. The molecule has 1 saturated heterocycles. The van der Waals surface area contributed by atoms with Crippen LogP contribution in [-0.4, -0.2) is 55.0 Å². The van der Waals surface area contributed by atoms with Gasteiger partial charge in [0.1, 0.15) is 11.3 Å². The molecule has 3 N–H and O–H groups in total. The van der Waals surface area contributed by atoms with Gasteiger partial charge in [-0.05, 0) is 55.0 Å². The number of phenols is 1. The van der Waals surface area contributed by atoms with Crippen LogP contribution in [0, 0.1) is 5.92 Å². The SMILES string of the molecule is CNC(=O)CCC1CCN(C(=O)c2ccc(CNCc3ccc(O)c(C(=O)OC)c3)s2)CC1. The molecule has 1 aliphatic rings. The molecule has 2 heterocycles. The van der Waals surface area contributed by atoms with Gasteiger partial charge in [-0.2, -0.15) is 0 Å². The van der Waals surface area contributed by atoms with E-state index >= 15 is 0 Å². The van der Waals surface area contributed by atoms with Crippen molar-refractivity contribution in [1.29, 1.82) is 0 Å². The molecule has 0 bridgehead atoms. The van der Waals surface area contributed by atoms with Gasteiger partial charge < -0.3 is 25.4 Å². The Bertz CT molecular complexity index is 982. The van der Waals surface area contributed by atoms with Gasteiger partial charge >= 0.3 is 5.97 Å². The Labute approximate surface area is 197 Å². The molecular formula is C24H31N3O5S. The van der Waals surface area contributed by atoms with Gasteiger partial charge in [0, 0.05) is 44.5 Å². The summed E-state index contributed by atoms with van der Waals surface area (Å²) in [5.41, 5.74) is 0.985. The first kappa shape index (κ1) is 24.7. The minimum Gasteiger partial charge on any atom is -0.507 e. The lowest BCUT2D eigenvalue weighted by Crippen LogP contribution is -2.38. The number of hydrogen-bond acceptors (Lipinski definition) is 7. The van der Waals surface area contributed by atoms with Gasteiger partial charge in [0.2, 0.25) is 5.91 Å². The Hall–Kier alpha value is -2.91. The fraction of sp³-hybridized carbons (Fsp3) is 0.458. The third-order valence-corrected chi connectivity index (χ3v) is 7.00. The smallest absolute Gasteiger partial charge is 0.341 e. The molecule has 2 aromatic rings. The number of rotatable bonds is 9. The van der Waals surface area contributed by atoms with Gasteiger partial charge in [-0.15, -0.1) is 11.3 Å². The van der Waals surface area contributed by atoms with Crippen molar-refractivity contribution < 1.29 is 24.2 Å². The van der Waals surface area contributed by atoms with Gasteiger partial charge in [0.05, 0.1) is 12.0 Å². The van der Waals surface area contributed by atoms with E-state index in [-0.39, 0.29) is 23.1 Å². The number of amides is 2. The zero-order valence-corrected chi connectivity index (χ0v) is 19.9. The first-order valence-electron chi connectivity index (χ1n) is 11.1. The van der Waals surface area contributed by atoms with Crippen LogP contribution in [0.3, 0.4) is 0 Å². The topological polar surface area (TPSA) is 108 Å². The summed E-state index contributed by atoms with van der Waals surface area (Å²) in [6.45, 7) is 2.56. The van der Waals surface area contributed by atoms with E-state index in [1.165, 1.54) is 24.5 Å². The van der Waals surface area contributed by atoms with E-state index in [9.17, 15) is 19.5 Å². The number of methoxy groups -OCH3 is 1. The largest absolute Gasteiger partial charge is 0.507 e. The third-order valence-electron chi connectivity index (χ3n) is 5.93. The second kappa shape index (κ2) is 11.8. The fourth-order valence-corrected chi connectivity index (χ4v) is 4.87. The average Bonchev–Trinajstić information content (AvgIpc) is 3.31. The van der Waals surface area contributed by atoms with E-state index in [0.717, 1.165) is 47.7 Å². The van der Waals surface area contributed by atoms with Gasteiger partial charge in [-0.25, -0.2) is 4.79 Å². The number of hydrogen-bond donors (Lipinski definition) is 3. The van der Waals surface area contributed by atoms with Gasteiger partial charge in [-0.1, -0.05) is 6.07 Å². The number of esters is 1. The second-order valence-corrected chi connectivity index (χ2v) is 9.33. The zero-order chi connectivity index (χ0) is 23.8. The van der Waals surface area contributed by atoms with Crippen LogP contribution < -0.4 is 10.6 Å². The lowest BCUT2D eigenvalue weighted by Gasteiger charge is -2.31. The van der Waals surface area contributed by atoms with E-state index in [1.807, 2.05) is 17.0 Å². The minimum atomic E-state index is -0.578. The number of carbonyl (C=O) groups excluding carboxylic acids is 3. The van der Waals surface area contributed by atoms with E-state index in [4.69, 9.17) is 0 Å². The molecule has 178 valence electrons. The van der Waals surface area contributed by atoms with Crippen LogP contribution in [0.15, 0.2) is 30.3 Å². The third kappa shape index (κ3) is 6.79. The standard InChI is InChI=1S/C24H31N3O5S/c1-25-22(29)8-4-16-9-11-27(12-10-16)23(30)21-7-5-18(33-21)15-26-14-17-3-6-20(28)19(13-17)24(31)32-2/h3,5-7,13,16,26,28H,4,8-12,14-15H2,1-2H3,(H,25,29). The van der Waals surface area contributed by atoms with Gasteiger partial charge in [0.25, 0.3) is 5.91 Å². The number of carbonyl (C=O) groups is 3. The van der Waals surface area contributed by atoms with Crippen molar-refractivity contribution >= 4 is 29.1 Å². The number of thiophene rings is 1. The summed E-state index contributed by atoms with van der Waals surface area (Å²) < 4.78 is 4.68. The molecule has 0 atom stereocenters. The molecule has 2 amide bonds. The molecule has 3 rings (SSSR count). The molecule has 33 heavy (non-hydrogen) atoms. The molecule has 8 nitrogen and oxygen atoms in total. The molecule has 9 heteroatoms. The molecule has 0 saturated carbocycles. The Morgan fingerprint density at radius 2 is 1.91 bits per heavy atom. The maximum atomic E-state index is 12.9. The number of nitrogens with one attached hydrogen (secondary N) is 2. The number of phenolic OH excluding ortho intramolecular Hbond substituents is 1. The molecule has 1 aromatic carbocycles. The van der Waals surface area contributed by atoms with Crippen LogP contribution in [0.5, 0.6) is 5.75 Å². The van der Waals surface area contributed by atoms with E-state index in [2.05, 4.69) is 15.4 Å². The predicted octanol–water partition coefficient (Wildman–Crippen LogP) is 2.91. The Kier molecular flexibility index (Phi) is 8.85. The first-order chi connectivity index (χ1) is 15.9. The number of nitrogens with zero attached hydrogens (tertiary/aromatic N) is 1. The summed E-state index contributed by atoms with van der Waals surface area (Å²) in [5, 5.41) is 15.8. The Morgan fingerprint density at radius 3 is 2.61 bits per heavy atom. The van der Waals surface area contributed by atoms with Crippen LogP contribution in [0.1, 0.15) is 56.2 Å². The first-order valence-corrected chi connectivity index (χ1v) is 11.9. The van der Waals surface area contributed by atoms with Crippen molar-refractivity contribution in [1.82, 2.24) is 15.5 Å². The van der Waals surface area contributed by atoms with E-state index < -0.39 is 5.97 Å². The maximum Gasteiger partial charge on any atom is 0.341 e. The summed E-state index contributed by atoms with van der Waals surface area (Å²) >= 11 is 1.48. The van der Waals surface area contributed by atoms with Crippen LogP contribution in [0.4, 0.5) is 0 Å². The molecule has 0 unspecified atom stereocenters. The molecular weight excluding hydrogens is 442 g/mol. The number of piperidine rings is 1. The Morgan fingerprint density at radius 1 is 1.15 bits per heavy atom. The fourth-order valence-electron chi connectivity index (χ4n) is 3.93. The summed E-state index contributed by atoms with van der Waals surface area (Å²) in [7, 11) is 2.93. The summed E-state index contributed by atoms with van der Waals surface area (Å²) in [5.74, 6) is -0.0531.